The summed E-state index contributed by atoms with van der Waals surface area (Å²) in [5, 5.41) is -0.00133. The molecule has 1 amide bonds. The van der Waals surface area contributed by atoms with Gasteiger partial charge in [-0.2, -0.15) is 0 Å². The minimum atomic E-state index is -0.00133. The van der Waals surface area contributed by atoms with Gasteiger partial charge >= 0.3 is 0 Å². The predicted molar refractivity (Wildman–Crippen MR) is 48.8 cm³/mol. The first-order valence-corrected chi connectivity index (χ1v) is 5.46. The van der Waals surface area contributed by atoms with Gasteiger partial charge in [0.25, 0.3) is 5.24 Å². The molecule has 0 N–H and O–H groups in total. The molecule has 0 aromatic heterocycles. The number of piperidine rings is 1. The minimum Gasteiger partial charge on any atom is -0.333 e. The van der Waals surface area contributed by atoms with Gasteiger partial charge in [-0.15, -0.1) is 0 Å². The van der Waals surface area contributed by atoms with E-state index in [0.29, 0.717) is 0 Å². The molecule has 0 spiro atoms. The van der Waals surface area contributed by atoms with Crippen LogP contribution in [0, 0.1) is 5.92 Å². The first-order valence-electron chi connectivity index (χ1n) is 3.81. The van der Waals surface area contributed by atoms with Crippen LogP contribution in [-0.2, 0) is 0 Å². The van der Waals surface area contributed by atoms with Crippen LogP contribution in [0.1, 0.15) is 19.8 Å². The maximum atomic E-state index is 11.0. The minimum absolute atomic E-state index is 0.00133. The largest absolute Gasteiger partial charge is 0.333 e. The molecule has 0 aromatic rings. The van der Waals surface area contributed by atoms with Crippen molar-refractivity contribution in [3.63, 3.8) is 0 Å². The summed E-state index contributed by atoms with van der Waals surface area (Å²) in [5.41, 5.74) is 0. The van der Waals surface area contributed by atoms with E-state index in [4.69, 9.17) is 10.7 Å². The molecule has 0 bridgehead atoms. The number of hydrogen-bond donors (Lipinski definition) is 0. The molecular weight excluding hydrogens is 182 g/mol. The number of likely N-dealkylation sites (tertiary alicyclic amines) is 1. The molecule has 1 aliphatic heterocycles. The Balaban J connectivity index is 2.33. The summed E-state index contributed by atoms with van der Waals surface area (Å²) in [6, 6.07) is 0. The second-order valence-corrected chi connectivity index (χ2v) is 3.98. The van der Waals surface area contributed by atoms with Gasteiger partial charge in [0.05, 0.1) is 0 Å². The average molecular weight is 194 g/mol. The third-order valence-corrected chi connectivity index (χ3v) is 2.89. The lowest BCUT2D eigenvalue weighted by molar-refractivity contribution is 0.197. The van der Waals surface area contributed by atoms with E-state index in [1.54, 1.807) is 0 Å². The maximum Gasteiger partial charge on any atom is 0.297 e. The molecule has 0 aromatic carbocycles. The molecule has 1 fully saturated rings. The summed E-state index contributed by atoms with van der Waals surface area (Å²) >= 11 is 0. The van der Waals surface area contributed by atoms with Crippen LogP contribution in [0.3, 0.4) is 0 Å². The summed E-state index contributed by atoms with van der Waals surface area (Å²) in [4.78, 5) is 12.8. The Kier molecular flexibility index (Phi) is 3.52. The summed E-state index contributed by atoms with van der Waals surface area (Å²) < 4.78 is 0. The zero-order chi connectivity index (χ0) is 8.27. The molecule has 1 heterocycles. The molecule has 11 heavy (non-hydrogen) atoms. The van der Waals surface area contributed by atoms with Gasteiger partial charge in [-0.25, -0.2) is 0 Å². The predicted octanol–water partition coefficient (Wildman–Crippen LogP) is 2.73. The number of carbonyl (C=O) groups is 1. The van der Waals surface area contributed by atoms with E-state index in [1.165, 1.54) is 0 Å². The fraction of sp³-hybridized carbons (Fsp3) is 0.857. The topological polar surface area (TPSA) is 20.3 Å². The van der Waals surface area contributed by atoms with E-state index in [1.807, 2.05) is 4.90 Å². The molecule has 0 saturated carbocycles. The van der Waals surface area contributed by atoms with Gasteiger partial charge < -0.3 is 4.90 Å². The van der Waals surface area contributed by atoms with Crippen molar-refractivity contribution in [1.29, 1.82) is 0 Å². The Morgan fingerprint density at radius 3 is 2.55 bits per heavy atom. The summed E-state index contributed by atoms with van der Waals surface area (Å²) in [6.07, 6.45) is 2.23. The Morgan fingerprint density at radius 1 is 1.55 bits per heavy atom. The molecule has 0 aliphatic carbocycles. The van der Waals surface area contributed by atoms with Crippen LogP contribution in [0.25, 0.3) is 0 Å². The Hall–Kier alpha value is 0.110. The lowest BCUT2D eigenvalue weighted by atomic mass is 10.00. The van der Waals surface area contributed by atoms with Gasteiger partial charge in [0.1, 0.15) is 0 Å². The van der Waals surface area contributed by atoms with E-state index >= 15 is 0 Å². The van der Waals surface area contributed by atoms with Crippen molar-refractivity contribution in [3.05, 3.63) is 0 Å². The molecule has 1 saturated heterocycles. The van der Waals surface area contributed by atoms with Crippen LogP contribution < -0.4 is 0 Å². The van der Waals surface area contributed by atoms with Crippen LogP contribution in [-0.4, -0.2) is 23.2 Å². The molecule has 0 atom stereocenters. The fourth-order valence-corrected chi connectivity index (χ4v) is 1.81. The number of hydrogen-bond acceptors (Lipinski definition) is 2. The number of nitrogens with zero attached hydrogens (tertiary/aromatic N) is 1. The molecular formula is C7H12ClNOS. The van der Waals surface area contributed by atoms with Crippen molar-refractivity contribution in [3.8, 4) is 0 Å². The Labute approximate surface area is 75.8 Å². The van der Waals surface area contributed by atoms with E-state index in [0.717, 1.165) is 42.8 Å². The summed E-state index contributed by atoms with van der Waals surface area (Å²) in [6.45, 7) is 3.97. The number of rotatable bonds is 0. The molecule has 0 unspecified atom stereocenters. The standard InChI is InChI=1S/C7H12ClNOS/c1-6-2-4-9(5-3-6)7(10)11-8/h6H,2-5H2,1H3. The van der Waals surface area contributed by atoms with E-state index < -0.39 is 0 Å². The fourth-order valence-electron chi connectivity index (χ4n) is 1.24. The van der Waals surface area contributed by atoms with Crippen molar-refractivity contribution in [1.82, 2.24) is 4.90 Å². The van der Waals surface area contributed by atoms with Gasteiger partial charge in [-0.05, 0) is 29.4 Å². The first-order chi connectivity index (χ1) is 5.24. The van der Waals surface area contributed by atoms with Gasteiger partial charge in [0.15, 0.2) is 0 Å². The lowest BCUT2D eigenvalue weighted by Crippen LogP contribution is -2.35. The van der Waals surface area contributed by atoms with Crippen molar-refractivity contribution in [2.45, 2.75) is 19.8 Å². The summed E-state index contributed by atoms with van der Waals surface area (Å²) in [5.74, 6) is 0.763. The average Bonchev–Trinajstić information content (AvgIpc) is 2.05. The van der Waals surface area contributed by atoms with Crippen LogP contribution in [0.5, 0.6) is 0 Å². The highest BCUT2D eigenvalue weighted by Gasteiger charge is 2.19. The zero-order valence-corrected chi connectivity index (χ0v) is 8.12. The van der Waals surface area contributed by atoms with Crippen molar-refractivity contribution >= 4 is 26.9 Å². The number of amides is 1. The first kappa shape index (κ1) is 9.20. The second-order valence-electron chi connectivity index (χ2n) is 3.01. The molecule has 1 rings (SSSR count). The zero-order valence-electron chi connectivity index (χ0n) is 6.55. The van der Waals surface area contributed by atoms with Crippen molar-refractivity contribution < 1.29 is 4.79 Å². The molecule has 64 valence electrons. The quantitative estimate of drug-likeness (QED) is 0.590. The molecule has 4 heteroatoms. The van der Waals surface area contributed by atoms with Gasteiger partial charge in [-0.1, -0.05) is 6.92 Å². The third-order valence-electron chi connectivity index (χ3n) is 2.11. The van der Waals surface area contributed by atoms with E-state index in [-0.39, 0.29) is 5.24 Å². The summed E-state index contributed by atoms with van der Waals surface area (Å²) in [7, 11) is 6.14. The number of halogens is 1. The molecule has 0 radical (unpaired) electrons. The van der Waals surface area contributed by atoms with Crippen LogP contribution in [0.4, 0.5) is 4.79 Å². The Morgan fingerprint density at radius 2 is 2.09 bits per heavy atom. The lowest BCUT2D eigenvalue weighted by Gasteiger charge is -2.28. The van der Waals surface area contributed by atoms with Gasteiger partial charge in [0, 0.05) is 24.1 Å². The highest BCUT2D eigenvalue weighted by Crippen LogP contribution is 2.21. The van der Waals surface area contributed by atoms with Gasteiger partial charge in [-0.3, -0.25) is 4.79 Å². The highest BCUT2D eigenvalue weighted by atomic mass is 35.7. The van der Waals surface area contributed by atoms with Crippen LogP contribution in [0.2, 0.25) is 0 Å². The maximum absolute atomic E-state index is 11.0. The number of carbonyl (C=O) groups excluding carboxylic acids is 1. The van der Waals surface area contributed by atoms with E-state index in [9.17, 15) is 4.79 Å². The SMILES string of the molecule is CC1CCN(C(=O)SCl)CC1. The van der Waals surface area contributed by atoms with Gasteiger partial charge in [0.2, 0.25) is 0 Å². The highest BCUT2D eigenvalue weighted by molar-refractivity contribution is 8.32. The second kappa shape index (κ2) is 4.21. The third kappa shape index (κ3) is 2.56. The smallest absolute Gasteiger partial charge is 0.297 e. The van der Waals surface area contributed by atoms with Crippen LogP contribution >= 0.6 is 21.7 Å². The normalized spacial score (nSPS) is 20.4. The van der Waals surface area contributed by atoms with Crippen molar-refractivity contribution in [2.75, 3.05) is 13.1 Å². The monoisotopic (exact) mass is 193 g/mol. The Bertz CT molecular complexity index is 145. The van der Waals surface area contributed by atoms with E-state index in [2.05, 4.69) is 6.92 Å². The molecule has 1 aliphatic rings. The molecule has 2 nitrogen and oxygen atoms in total. The van der Waals surface area contributed by atoms with Crippen LogP contribution in [0.15, 0.2) is 0 Å². The van der Waals surface area contributed by atoms with Crippen molar-refractivity contribution in [2.24, 2.45) is 5.92 Å².